The van der Waals surface area contributed by atoms with Crippen LogP contribution in [0, 0.1) is 6.92 Å². The van der Waals surface area contributed by atoms with E-state index in [1.54, 1.807) is 0 Å². The number of aryl methyl sites for hydroxylation is 1. The third kappa shape index (κ3) is 2.78. The number of hydrogen-bond donors (Lipinski definition) is 0. The normalized spacial score (nSPS) is 14.8. The topological polar surface area (TPSA) is 62.5 Å². The number of hydrogen-bond acceptors (Lipinski definition) is 5. The van der Waals surface area contributed by atoms with Crippen molar-refractivity contribution in [1.29, 1.82) is 0 Å². The Morgan fingerprint density at radius 1 is 0.929 bits per heavy atom. The molecule has 3 heterocycles. The second-order valence-corrected chi connectivity index (χ2v) is 7.02. The van der Waals surface area contributed by atoms with Gasteiger partial charge in [-0.3, -0.25) is 4.79 Å². The summed E-state index contributed by atoms with van der Waals surface area (Å²) in [5.41, 5.74) is 3.11. The number of aromatic nitrogens is 2. The second kappa shape index (κ2) is 6.64. The van der Waals surface area contributed by atoms with Crippen molar-refractivity contribution in [3.05, 3.63) is 66.0 Å². The highest BCUT2D eigenvalue weighted by Crippen LogP contribution is 2.33. The average Bonchev–Trinajstić information content (AvgIpc) is 3.12. The molecular formula is C22H20N4O2. The summed E-state index contributed by atoms with van der Waals surface area (Å²) >= 11 is 0. The Morgan fingerprint density at radius 2 is 1.64 bits per heavy atom. The molecule has 0 bridgehead atoms. The van der Waals surface area contributed by atoms with Crippen molar-refractivity contribution in [3.63, 3.8) is 0 Å². The minimum absolute atomic E-state index is 0.0769. The number of piperazine rings is 1. The molecule has 1 fully saturated rings. The molecule has 0 unspecified atom stereocenters. The molecule has 1 amide bonds. The van der Waals surface area contributed by atoms with Gasteiger partial charge in [0.05, 0.1) is 0 Å². The first-order valence-electron chi connectivity index (χ1n) is 9.46. The molecule has 1 aliphatic rings. The predicted molar refractivity (Wildman–Crippen MR) is 109 cm³/mol. The van der Waals surface area contributed by atoms with E-state index in [2.05, 4.69) is 14.9 Å². The van der Waals surface area contributed by atoms with Crippen LogP contribution in [0.1, 0.15) is 16.2 Å². The van der Waals surface area contributed by atoms with Crippen molar-refractivity contribution in [2.45, 2.75) is 6.92 Å². The summed E-state index contributed by atoms with van der Waals surface area (Å²) < 4.78 is 6.09. The number of rotatable bonds is 2. The molecule has 4 aromatic rings. The highest BCUT2D eigenvalue weighted by atomic mass is 16.3. The van der Waals surface area contributed by atoms with E-state index >= 15 is 0 Å². The van der Waals surface area contributed by atoms with Gasteiger partial charge in [-0.15, -0.1) is 0 Å². The Labute approximate surface area is 162 Å². The lowest BCUT2D eigenvalue weighted by atomic mass is 10.2. The number of carbonyl (C=O) groups excluding carboxylic acids is 1. The Hall–Kier alpha value is -3.41. The number of carbonyl (C=O) groups is 1. The molecule has 0 atom stereocenters. The highest BCUT2D eigenvalue weighted by molar-refractivity contribution is 6.05. The molecule has 140 valence electrons. The van der Waals surface area contributed by atoms with Crippen LogP contribution >= 0.6 is 0 Å². The van der Waals surface area contributed by atoms with Gasteiger partial charge in [0.1, 0.15) is 16.9 Å². The maximum atomic E-state index is 12.7. The van der Waals surface area contributed by atoms with Gasteiger partial charge in [0.2, 0.25) is 0 Å². The minimum Gasteiger partial charge on any atom is -0.450 e. The molecule has 28 heavy (non-hydrogen) atoms. The lowest BCUT2D eigenvalue weighted by Gasteiger charge is -2.35. The number of anilines is 1. The monoisotopic (exact) mass is 372 g/mol. The molecule has 1 saturated heterocycles. The maximum absolute atomic E-state index is 12.7. The zero-order chi connectivity index (χ0) is 19.1. The van der Waals surface area contributed by atoms with E-state index in [-0.39, 0.29) is 5.91 Å². The number of nitrogens with zero attached hydrogens (tertiary/aromatic N) is 4. The standard InChI is InChI=1S/C22H20N4O2/c1-15-23-19-17-9-5-6-10-18(17)28-20(19)21(24-15)25-11-13-26(14-12-25)22(27)16-7-3-2-4-8-16/h2-10H,11-14H2,1H3. The van der Waals surface area contributed by atoms with Crippen molar-refractivity contribution in [2.24, 2.45) is 0 Å². The van der Waals surface area contributed by atoms with Crippen LogP contribution in [0.25, 0.3) is 22.1 Å². The van der Waals surface area contributed by atoms with Crippen LogP contribution in [0.4, 0.5) is 5.82 Å². The molecule has 5 rings (SSSR count). The number of para-hydroxylation sites is 1. The summed E-state index contributed by atoms with van der Waals surface area (Å²) in [6.45, 7) is 4.62. The Balaban J connectivity index is 1.44. The third-order valence-corrected chi connectivity index (χ3v) is 5.20. The van der Waals surface area contributed by atoms with Crippen LogP contribution in [-0.4, -0.2) is 47.0 Å². The van der Waals surface area contributed by atoms with Gasteiger partial charge in [-0.25, -0.2) is 9.97 Å². The number of fused-ring (bicyclic) bond motifs is 3. The molecule has 0 spiro atoms. The van der Waals surface area contributed by atoms with Crippen LogP contribution in [0.5, 0.6) is 0 Å². The number of furan rings is 1. The van der Waals surface area contributed by atoms with E-state index in [0.717, 1.165) is 39.3 Å². The predicted octanol–water partition coefficient (Wildman–Crippen LogP) is 3.65. The number of benzene rings is 2. The van der Waals surface area contributed by atoms with E-state index in [9.17, 15) is 4.79 Å². The van der Waals surface area contributed by atoms with Crippen molar-refractivity contribution in [1.82, 2.24) is 14.9 Å². The Bertz CT molecular complexity index is 1160. The van der Waals surface area contributed by atoms with E-state index in [1.807, 2.05) is 66.4 Å². The molecule has 0 N–H and O–H groups in total. The second-order valence-electron chi connectivity index (χ2n) is 7.02. The first-order chi connectivity index (χ1) is 13.7. The van der Waals surface area contributed by atoms with Crippen LogP contribution in [0.3, 0.4) is 0 Å². The van der Waals surface area contributed by atoms with Gasteiger partial charge in [0.25, 0.3) is 5.91 Å². The molecule has 0 aliphatic carbocycles. The lowest BCUT2D eigenvalue weighted by Crippen LogP contribution is -2.49. The smallest absolute Gasteiger partial charge is 0.253 e. The molecule has 6 nitrogen and oxygen atoms in total. The van der Waals surface area contributed by atoms with E-state index < -0.39 is 0 Å². The molecule has 1 aliphatic heterocycles. The van der Waals surface area contributed by atoms with Crippen LogP contribution < -0.4 is 4.90 Å². The van der Waals surface area contributed by atoms with Gasteiger partial charge in [0, 0.05) is 37.1 Å². The van der Waals surface area contributed by atoms with E-state index in [1.165, 1.54) is 0 Å². The van der Waals surface area contributed by atoms with Crippen LogP contribution in [0.2, 0.25) is 0 Å². The van der Waals surface area contributed by atoms with Crippen molar-refractivity contribution >= 4 is 33.8 Å². The van der Waals surface area contributed by atoms with Crippen molar-refractivity contribution in [3.8, 4) is 0 Å². The number of amides is 1. The SMILES string of the molecule is Cc1nc(N2CCN(C(=O)c3ccccc3)CC2)c2oc3ccccc3c2n1. The highest BCUT2D eigenvalue weighted by Gasteiger charge is 2.26. The third-order valence-electron chi connectivity index (χ3n) is 5.20. The Morgan fingerprint density at radius 3 is 2.43 bits per heavy atom. The fraction of sp³-hybridized carbons (Fsp3) is 0.227. The Kier molecular flexibility index (Phi) is 3.97. The van der Waals surface area contributed by atoms with Crippen LogP contribution in [-0.2, 0) is 0 Å². The molecule has 0 radical (unpaired) electrons. The zero-order valence-electron chi connectivity index (χ0n) is 15.6. The zero-order valence-corrected chi connectivity index (χ0v) is 15.6. The molecule has 0 saturated carbocycles. The summed E-state index contributed by atoms with van der Waals surface area (Å²) in [5.74, 6) is 1.61. The first-order valence-corrected chi connectivity index (χ1v) is 9.46. The van der Waals surface area contributed by atoms with Gasteiger partial charge in [-0.1, -0.05) is 30.3 Å². The molecule has 6 heteroatoms. The largest absolute Gasteiger partial charge is 0.450 e. The fourth-order valence-corrected chi connectivity index (χ4v) is 3.78. The summed E-state index contributed by atoms with van der Waals surface area (Å²) in [6.07, 6.45) is 0. The van der Waals surface area contributed by atoms with E-state index in [4.69, 9.17) is 4.42 Å². The minimum atomic E-state index is 0.0769. The molecule has 2 aromatic carbocycles. The van der Waals surface area contributed by atoms with Crippen molar-refractivity contribution < 1.29 is 9.21 Å². The first kappa shape index (κ1) is 16.7. The average molecular weight is 372 g/mol. The van der Waals surface area contributed by atoms with Gasteiger partial charge in [-0.2, -0.15) is 0 Å². The molecule has 2 aromatic heterocycles. The van der Waals surface area contributed by atoms with Gasteiger partial charge >= 0.3 is 0 Å². The lowest BCUT2D eigenvalue weighted by molar-refractivity contribution is 0.0746. The van der Waals surface area contributed by atoms with Gasteiger partial charge < -0.3 is 14.2 Å². The van der Waals surface area contributed by atoms with E-state index in [0.29, 0.717) is 26.2 Å². The van der Waals surface area contributed by atoms with Crippen LogP contribution in [0.15, 0.2) is 59.0 Å². The van der Waals surface area contributed by atoms with Gasteiger partial charge in [-0.05, 0) is 31.2 Å². The van der Waals surface area contributed by atoms with Gasteiger partial charge in [0.15, 0.2) is 11.4 Å². The molecular weight excluding hydrogens is 352 g/mol. The summed E-state index contributed by atoms with van der Waals surface area (Å²) in [6, 6.07) is 17.4. The maximum Gasteiger partial charge on any atom is 0.253 e. The summed E-state index contributed by atoms with van der Waals surface area (Å²) in [4.78, 5) is 26.0. The fourth-order valence-electron chi connectivity index (χ4n) is 3.78. The summed E-state index contributed by atoms with van der Waals surface area (Å²) in [7, 11) is 0. The van der Waals surface area contributed by atoms with Crippen molar-refractivity contribution in [2.75, 3.05) is 31.1 Å². The quantitative estimate of drug-likeness (QED) is 0.537. The summed E-state index contributed by atoms with van der Waals surface area (Å²) in [5, 5.41) is 1.00.